The van der Waals surface area contributed by atoms with Gasteiger partial charge in [-0.05, 0) is 54.6 Å². The van der Waals surface area contributed by atoms with Crippen molar-refractivity contribution >= 4 is 17.3 Å². The highest BCUT2D eigenvalue weighted by Gasteiger charge is 2.35. The lowest BCUT2D eigenvalue weighted by molar-refractivity contribution is -0.384. The number of rotatable bonds is 5. The summed E-state index contributed by atoms with van der Waals surface area (Å²) >= 11 is 0. The Balaban J connectivity index is 1.84. The largest absolute Gasteiger partial charge is 0.457 e. The number of anilines is 1. The molecule has 0 aromatic heterocycles. The number of halogens is 4. The molecule has 154 valence electrons. The fourth-order valence-electron chi connectivity index (χ4n) is 2.49. The van der Waals surface area contributed by atoms with E-state index in [9.17, 15) is 32.5 Å². The maximum atomic E-state index is 13.5. The predicted molar refractivity (Wildman–Crippen MR) is 99.0 cm³/mol. The second kappa shape index (κ2) is 8.19. The van der Waals surface area contributed by atoms with Gasteiger partial charge in [-0.15, -0.1) is 0 Å². The van der Waals surface area contributed by atoms with E-state index in [0.717, 1.165) is 30.3 Å². The minimum atomic E-state index is -4.79. The van der Waals surface area contributed by atoms with E-state index in [0.29, 0.717) is 6.07 Å². The number of nitro benzene ring substituents is 1. The Labute approximate surface area is 166 Å². The number of nitrogens with zero attached hydrogens (tertiary/aromatic N) is 1. The standard InChI is InChI=1S/C20H12F4N2O4/c21-13-3-8-16(9-4-13)30-18-10-5-14(11-17(18)20(22,23)24)25-19(27)12-1-6-15(7-2-12)26(28)29/h1-11H,(H,25,27). The molecule has 0 atom stereocenters. The van der Waals surface area contributed by atoms with E-state index in [1.54, 1.807) is 0 Å². The van der Waals surface area contributed by atoms with Gasteiger partial charge in [0, 0.05) is 23.4 Å². The minimum absolute atomic E-state index is 0.00423. The van der Waals surface area contributed by atoms with Crippen LogP contribution in [0.25, 0.3) is 0 Å². The van der Waals surface area contributed by atoms with E-state index in [-0.39, 0.29) is 22.7 Å². The third-order valence-electron chi connectivity index (χ3n) is 3.92. The third kappa shape index (κ3) is 4.90. The number of nitrogens with one attached hydrogen (secondary N) is 1. The van der Waals surface area contributed by atoms with Gasteiger partial charge in [0.25, 0.3) is 11.6 Å². The predicted octanol–water partition coefficient (Wildman–Crippen LogP) is 5.80. The molecule has 0 bridgehead atoms. The van der Waals surface area contributed by atoms with Gasteiger partial charge < -0.3 is 10.1 Å². The third-order valence-corrected chi connectivity index (χ3v) is 3.92. The first-order valence-electron chi connectivity index (χ1n) is 8.34. The fourth-order valence-corrected chi connectivity index (χ4v) is 2.49. The van der Waals surface area contributed by atoms with E-state index in [2.05, 4.69) is 5.32 Å². The van der Waals surface area contributed by atoms with Crippen LogP contribution in [0.3, 0.4) is 0 Å². The van der Waals surface area contributed by atoms with Crippen LogP contribution in [0.4, 0.5) is 28.9 Å². The molecule has 0 unspecified atom stereocenters. The Morgan fingerprint density at radius 2 is 1.60 bits per heavy atom. The summed E-state index contributed by atoms with van der Waals surface area (Å²) in [6.07, 6.45) is -4.79. The van der Waals surface area contributed by atoms with Gasteiger partial charge in [0.2, 0.25) is 0 Å². The van der Waals surface area contributed by atoms with Crippen molar-refractivity contribution in [2.45, 2.75) is 6.18 Å². The van der Waals surface area contributed by atoms with Crippen LogP contribution in [-0.2, 0) is 6.18 Å². The summed E-state index contributed by atoms with van der Waals surface area (Å²) in [7, 11) is 0. The molecule has 1 amide bonds. The van der Waals surface area contributed by atoms with Crippen molar-refractivity contribution in [1.29, 1.82) is 0 Å². The number of nitro groups is 1. The van der Waals surface area contributed by atoms with Gasteiger partial charge in [0.05, 0.1) is 4.92 Å². The van der Waals surface area contributed by atoms with Gasteiger partial charge in [-0.25, -0.2) is 4.39 Å². The summed E-state index contributed by atoms with van der Waals surface area (Å²) in [5, 5.41) is 13.0. The zero-order valence-corrected chi connectivity index (χ0v) is 14.9. The normalized spacial score (nSPS) is 11.1. The van der Waals surface area contributed by atoms with E-state index in [4.69, 9.17) is 4.74 Å². The zero-order chi connectivity index (χ0) is 21.9. The SMILES string of the molecule is O=C(Nc1ccc(Oc2ccc(F)cc2)c(C(F)(F)F)c1)c1ccc([N+](=O)[O-])cc1. The van der Waals surface area contributed by atoms with Crippen molar-refractivity contribution in [2.24, 2.45) is 0 Å². The molecule has 3 rings (SSSR count). The number of ether oxygens (including phenoxy) is 1. The molecule has 0 spiro atoms. The first-order valence-corrected chi connectivity index (χ1v) is 8.34. The summed E-state index contributed by atoms with van der Waals surface area (Å²) in [6, 6.07) is 12.0. The summed E-state index contributed by atoms with van der Waals surface area (Å²) in [5.41, 5.74) is -1.50. The van der Waals surface area contributed by atoms with Gasteiger partial charge >= 0.3 is 6.18 Å². The van der Waals surface area contributed by atoms with Crippen LogP contribution in [0.1, 0.15) is 15.9 Å². The van der Waals surface area contributed by atoms with Crippen molar-refractivity contribution in [3.63, 3.8) is 0 Å². The molecule has 1 N–H and O–H groups in total. The Kier molecular flexibility index (Phi) is 5.67. The number of hydrogen-bond donors (Lipinski definition) is 1. The molecular weight excluding hydrogens is 408 g/mol. The second-order valence-electron chi connectivity index (χ2n) is 6.02. The number of alkyl halides is 3. The highest BCUT2D eigenvalue weighted by molar-refractivity contribution is 6.04. The summed E-state index contributed by atoms with van der Waals surface area (Å²) in [4.78, 5) is 22.2. The van der Waals surface area contributed by atoms with Gasteiger partial charge in [-0.1, -0.05) is 0 Å². The lowest BCUT2D eigenvalue weighted by Gasteiger charge is -2.15. The van der Waals surface area contributed by atoms with Crippen LogP contribution in [0.15, 0.2) is 66.7 Å². The lowest BCUT2D eigenvalue weighted by Crippen LogP contribution is -2.14. The number of carbonyl (C=O) groups is 1. The van der Waals surface area contributed by atoms with Crippen molar-refractivity contribution in [2.75, 3.05) is 5.32 Å². The number of benzene rings is 3. The van der Waals surface area contributed by atoms with Crippen molar-refractivity contribution in [1.82, 2.24) is 0 Å². The average Bonchev–Trinajstić information content (AvgIpc) is 2.70. The molecule has 6 nitrogen and oxygen atoms in total. The molecule has 0 fully saturated rings. The highest BCUT2D eigenvalue weighted by atomic mass is 19.4. The highest BCUT2D eigenvalue weighted by Crippen LogP contribution is 2.39. The molecular formula is C20H12F4N2O4. The van der Waals surface area contributed by atoms with Crippen LogP contribution in [0.2, 0.25) is 0 Å². The minimum Gasteiger partial charge on any atom is -0.457 e. The monoisotopic (exact) mass is 420 g/mol. The first-order chi connectivity index (χ1) is 14.1. The molecule has 10 heteroatoms. The topological polar surface area (TPSA) is 81.5 Å². The van der Waals surface area contributed by atoms with Crippen LogP contribution in [0, 0.1) is 15.9 Å². The van der Waals surface area contributed by atoms with Crippen molar-refractivity contribution in [3.8, 4) is 11.5 Å². The van der Waals surface area contributed by atoms with Gasteiger partial charge in [-0.3, -0.25) is 14.9 Å². The van der Waals surface area contributed by atoms with Crippen LogP contribution >= 0.6 is 0 Å². The quantitative estimate of drug-likeness (QED) is 0.321. The summed E-state index contributed by atoms with van der Waals surface area (Å²) in [5.74, 6) is -1.83. The summed E-state index contributed by atoms with van der Waals surface area (Å²) in [6.45, 7) is 0. The Morgan fingerprint density at radius 1 is 0.967 bits per heavy atom. The van der Waals surface area contributed by atoms with Gasteiger partial charge in [0.1, 0.15) is 22.9 Å². The average molecular weight is 420 g/mol. The summed E-state index contributed by atoms with van der Waals surface area (Å²) < 4.78 is 58.5. The maximum absolute atomic E-state index is 13.5. The molecule has 3 aromatic rings. The van der Waals surface area contributed by atoms with Crippen molar-refractivity contribution < 1.29 is 32.0 Å². The molecule has 0 aliphatic rings. The Morgan fingerprint density at radius 3 is 2.17 bits per heavy atom. The van der Waals surface area contributed by atoms with E-state index < -0.39 is 34.1 Å². The van der Waals surface area contributed by atoms with Crippen LogP contribution in [-0.4, -0.2) is 10.8 Å². The molecule has 0 aliphatic heterocycles. The molecule has 30 heavy (non-hydrogen) atoms. The second-order valence-corrected chi connectivity index (χ2v) is 6.02. The zero-order valence-electron chi connectivity index (χ0n) is 14.9. The number of carbonyl (C=O) groups excluding carboxylic acids is 1. The van der Waals surface area contributed by atoms with Gasteiger partial charge in [0.15, 0.2) is 0 Å². The van der Waals surface area contributed by atoms with Crippen LogP contribution in [0.5, 0.6) is 11.5 Å². The molecule has 0 saturated heterocycles. The smallest absolute Gasteiger partial charge is 0.420 e. The van der Waals surface area contributed by atoms with E-state index in [1.807, 2.05) is 0 Å². The Hall–Kier alpha value is -3.95. The Bertz CT molecular complexity index is 1080. The number of hydrogen-bond acceptors (Lipinski definition) is 4. The van der Waals surface area contributed by atoms with Crippen LogP contribution < -0.4 is 10.1 Å². The van der Waals surface area contributed by atoms with E-state index >= 15 is 0 Å². The molecule has 0 saturated carbocycles. The van der Waals surface area contributed by atoms with E-state index in [1.165, 1.54) is 30.3 Å². The first kappa shape index (κ1) is 20.8. The number of non-ortho nitro benzene ring substituents is 1. The molecule has 0 radical (unpaired) electrons. The molecule has 3 aromatic carbocycles. The van der Waals surface area contributed by atoms with Gasteiger partial charge in [-0.2, -0.15) is 13.2 Å². The molecule has 0 heterocycles. The fraction of sp³-hybridized carbons (Fsp3) is 0.0500. The molecule has 0 aliphatic carbocycles. The van der Waals surface area contributed by atoms with Crippen molar-refractivity contribution in [3.05, 3.63) is 93.8 Å². The number of amides is 1. The lowest BCUT2D eigenvalue weighted by atomic mass is 10.1. The maximum Gasteiger partial charge on any atom is 0.420 e.